The van der Waals surface area contributed by atoms with Crippen molar-refractivity contribution in [3.63, 3.8) is 0 Å². The van der Waals surface area contributed by atoms with E-state index in [9.17, 15) is 14.4 Å². The van der Waals surface area contributed by atoms with E-state index in [4.69, 9.17) is 15.9 Å². The lowest BCUT2D eigenvalue weighted by atomic mass is 10.1. The highest BCUT2D eigenvalue weighted by Crippen LogP contribution is 2.20. The Bertz CT molecular complexity index is 835. The van der Waals surface area contributed by atoms with Gasteiger partial charge >= 0.3 is 11.9 Å². The molecule has 1 aromatic heterocycles. The number of fused-ring (bicyclic) bond motifs is 1. The maximum Gasteiger partial charge on any atom is 0.328 e. The molecule has 0 aliphatic carbocycles. The first kappa shape index (κ1) is 23.9. The number of aliphatic carboxylic acids is 2. The quantitative estimate of drug-likeness (QED) is 0.450. The van der Waals surface area contributed by atoms with Crippen LogP contribution in [-0.4, -0.2) is 57.6 Å². The molecular weight excluding hydrogens is 374 g/mol. The van der Waals surface area contributed by atoms with E-state index >= 15 is 0 Å². The van der Waals surface area contributed by atoms with Gasteiger partial charge in [0, 0.05) is 41.4 Å². The summed E-state index contributed by atoms with van der Waals surface area (Å²) in [6, 6.07) is 5.59. The molecule has 29 heavy (non-hydrogen) atoms. The maximum atomic E-state index is 11.3. The van der Waals surface area contributed by atoms with Crippen LogP contribution in [0.3, 0.4) is 0 Å². The smallest absolute Gasteiger partial charge is 0.328 e. The zero-order chi connectivity index (χ0) is 21.8. The number of carbonyl (C=O) groups excluding carboxylic acids is 1. The van der Waals surface area contributed by atoms with E-state index in [-0.39, 0.29) is 5.91 Å². The monoisotopic (exact) mass is 403 g/mol. The highest BCUT2D eigenvalue weighted by Gasteiger charge is 2.09. The topological polar surface area (TPSA) is 137 Å². The molecule has 0 bridgehead atoms. The molecule has 2 aromatic rings. The van der Waals surface area contributed by atoms with Crippen molar-refractivity contribution in [2.24, 2.45) is 5.73 Å². The van der Waals surface area contributed by atoms with Crippen molar-refractivity contribution < 1.29 is 24.6 Å². The van der Waals surface area contributed by atoms with Gasteiger partial charge in [-0.1, -0.05) is 13.8 Å². The van der Waals surface area contributed by atoms with Gasteiger partial charge in [-0.2, -0.15) is 0 Å². The Hall–Kier alpha value is -3.13. The molecule has 2 rings (SSSR count). The molecule has 0 spiro atoms. The van der Waals surface area contributed by atoms with Crippen LogP contribution in [0, 0.1) is 0 Å². The number of primary amides is 1. The summed E-state index contributed by atoms with van der Waals surface area (Å²) in [6.07, 6.45) is 6.51. The summed E-state index contributed by atoms with van der Waals surface area (Å²) in [6.45, 7) is 7.77. The van der Waals surface area contributed by atoms with Crippen LogP contribution in [0.5, 0.6) is 0 Å². The minimum absolute atomic E-state index is 0.373. The summed E-state index contributed by atoms with van der Waals surface area (Å²) in [4.78, 5) is 36.2. The number of carboxylic acids is 2. The Balaban J connectivity index is 0.000000447. The molecule has 0 saturated carbocycles. The van der Waals surface area contributed by atoms with Crippen molar-refractivity contribution in [3.05, 3.63) is 47.7 Å². The third kappa shape index (κ3) is 8.61. The van der Waals surface area contributed by atoms with Crippen molar-refractivity contribution in [1.82, 2.24) is 9.88 Å². The largest absolute Gasteiger partial charge is 0.478 e. The van der Waals surface area contributed by atoms with Crippen LogP contribution in [-0.2, 0) is 16.0 Å². The highest BCUT2D eigenvalue weighted by molar-refractivity contribution is 5.97. The van der Waals surface area contributed by atoms with Crippen molar-refractivity contribution in [3.8, 4) is 0 Å². The Morgan fingerprint density at radius 1 is 1.03 bits per heavy atom. The van der Waals surface area contributed by atoms with Gasteiger partial charge in [0.1, 0.15) is 0 Å². The third-order valence-corrected chi connectivity index (χ3v) is 4.20. The lowest BCUT2D eigenvalue weighted by Gasteiger charge is -2.20. The number of benzene rings is 1. The molecule has 0 atom stereocenters. The summed E-state index contributed by atoms with van der Waals surface area (Å²) in [7, 11) is 0. The zero-order valence-electron chi connectivity index (χ0n) is 16.9. The molecule has 1 heterocycles. The predicted octanol–water partition coefficient (Wildman–Crippen LogP) is 2.64. The van der Waals surface area contributed by atoms with Crippen molar-refractivity contribution >= 4 is 28.7 Å². The van der Waals surface area contributed by atoms with Gasteiger partial charge in [-0.15, -0.1) is 0 Å². The molecule has 0 aliphatic rings. The summed E-state index contributed by atoms with van der Waals surface area (Å²) >= 11 is 0. The summed E-state index contributed by atoms with van der Waals surface area (Å²) in [5.74, 6) is -2.89. The highest BCUT2D eigenvalue weighted by atomic mass is 16.4. The molecule has 0 radical (unpaired) electrons. The van der Waals surface area contributed by atoms with E-state index in [1.807, 2.05) is 18.3 Å². The molecule has 8 nitrogen and oxygen atoms in total. The zero-order valence-corrected chi connectivity index (χ0v) is 16.9. The van der Waals surface area contributed by atoms with Crippen LogP contribution in [0.4, 0.5) is 0 Å². The number of hydrogen-bond donors (Lipinski definition) is 4. The molecule has 0 unspecified atom stereocenters. The number of rotatable bonds is 10. The third-order valence-electron chi connectivity index (χ3n) is 4.20. The van der Waals surface area contributed by atoms with Gasteiger partial charge in [0.2, 0.25) is 5.91 Å². The predicted molar refractivity (Wildman–Crippen MR) is 112 cm³/mol. The van der Waals surface area contributed by atoms with Crippen LogP contribution in [0.1, 0.15) is 42.6 Å². The number of aromatic nitrogens is 1. The first-order chi connectivity index (χ1) is 13.8. The lowest BCUT2D eigenvalue weighted by molar-refractivity contribution is -0.134. The number of H-pyrrole nitrogens is 1. The molecular formula is C21H29N3O5. The van der Waals surface area contributed by atoms with Crippen LogP contribution < -0.4 is 5.73 Å². The Kier molecular flexibility index (Phi) is 10.2. The second kappa shape index (κ2) is 12.4. The summed E-state index contributed by atoms with van der Waals surface area (Å²) < 4.78 is 0. The number of aromatic amines is 1. The molecule has 158 valence electrons. The van der Waals surface area contributed by atoms with E-state index in [0.717, 1.165) is 37.0 Å². The normalized spacial score (nSPS) is 10.9. The van der Waals surface area contributed by atoms with E-state index in [1.165, 1.54) is 18.4 Å². The minimum Gasteiger partial charge on any atom is -0.478 e. The summed E-state index contributed by atoms with van der Waals surface area (Å²) in [5.41, 5.74) is 8.26. The number of hydrogen-bond acceptors (Lipinski definition) is 4. The second-order valence-electron chi connectivity index (χ2n) is 6.54. The number of carbonyl (C=O) groups is 3. The Morgan fingerprint density at radius 3 is 2.10 bits per heavy atom. The van der Waals surface area contributed by atoms with Gasteiger partial charge in [0.15, 0.2) is 0 Å². The van der Waals surface area contributed by atoms with Gasteiger partial charge < -0.3 is 25.8 Å². The number of nitrogens with zero attached hydrogens (tertiary/aromatic N) is 1. The number of amides is 1. The first-order valence-corrected chi connectivity index (χ1v) is 9.54. The van der Waals surface area contributed by atoms with E-state index in [0.29, 0.717) is 17.7 Å². The van der Waals surface area contributed by atoms with E-state index in [2.05, 4.69) is 23.7 Å². The average Bonchev–Trinajstić information content (AvgIpc) is 3.07. The summed E-state index contributed by atoms with van der Waals surface area (Å²) in [5, 5.41) is 16.7. The fraction of sp³-hybridized carbons (Fsp3) is 0.381. The second-order valence-corrected chi connectivity index (χ2v) is 6.54. The van der Waals surface area contributed by atoms with Gasteiger partial charge in [0.25, 0.3) is 0 Å². The van der Waals surface area contributed by atoms with E-state index in [1.54, 1.807) is 6.07 Å². The average molecular weight is 403 g/mol. The van der Waals surface area contributed by atoms with Crippen molar-refractivity contribution in [2.45, 2.75) is 33.1 Å². The van der Waals surface area contributed by atoms with Gasteiger partial charge in [-0.25, -0.2) is 9.59 Å². The number of nitrogens with two attached hydrogens (primary N) is 1. The van der Waals surface area contributed by atoms with Crippen LogP contribution in [0.15, 0.2) is 36.5 Å². The standard InChI is InChI=1S/C17H25N3O.C4H4O4/c1-3-8-20(9-4-2)10-7-14-12-19-16-6-5-13(17(18)21)11-15(14)16;5-3(6)1-2-4(7)8/h5-6,11-12,19H,3-4,7-10H2,1-2H3,(H2,18,21);1-2H,(H,5,6)(H,7,8)/b;2-1+. The molecule has 1 aromatic carbocycles. The van der Waals surface area contributed by atoms with Crippen LogP contribution in [0.2, 0.25) is 0 Å². The first-order valence-electron chi connectivity index (χ1n) is 9.54. The van der Waals surface area contributed by atoms with Crippen LogP contribution in [0.25, 0.3) is 10.9 Å². The van der Waals surface area contributed by atoms with Crippen molar-refractivity contribution in [1.29, 1.82) is 0 Å². The van der Waals surface area contributed by atoms with Crippen molar-refractivity contribution in [2.75, 3.05) is 19.6 Å². The molecule has 0 saturated heterocycles. The Morgan fingerprint density at radius 2 is 1.62 bits per heavy atom. The van der Waals surface area contributed by atoms with Crippen LogP contribution >= 0.6 is 0 Å². The lowest BCUT2D eigenvalue weighted by Crippen LogP contribution is -2.27. The van der Waals surface area contributed by atoms with Gasteiger partial charge in [-0.05, 0) is 56.1 Å². The minimum atomic E-state index is -1.26. The fourth-order valence-electron chi connectivity index (χ4n) is 2.93. The molecule has 1 amide bonds. The number of carboxylic acid groups (broad SMARTS) is 2. The van der Waals surface area contributed by atoms with Gasteiger partial charge in [0.05, 0.1) is 0 Å². The number of nitrogens with one attached hydrogen (secondary N) is 1. The molecule has 8 heteroatoms. The molecule has 0 fully saturated rings. The SMILES string of the molecule is CCCN(CCC)CCc1c[nH]c2ccc(C(N)=O)cc12.O=C(O)/C=C/C(=O)O. The fourth-order valence-corrected chi connectivity index (χ4v) is 2.93. The van der Waals surface area contributed by atoms with E-state index < -0.39 is 11.9 Å². The molecule has 5 N–H and O–H groups in total. The maximum absolute atomic E-state index is 11.3. The molecule has 0 aliphatic heterocycles. The van der Waals surface area contributed by atoms with Gasteiger partial charge in [-0.3, -0.25) is 4.79 Å². The Labute approximate surface area is 170 Å².